The smallest absolute Gasteiger partial charge is 0.129 e. The minimum atomic E-state index is 0.926. The van der Waals surface area contributed by atoms with Crippen LogP contribution in [0.25, 0.3) is 0 Å². The van der Waals surface area contributed by atoms with E-state index in [2.05, 4.69) is 35.0 Å². The van der Waals surface area contributed by atoms with Crippen LogP contribution in [0.3, 0.4) is 0 Å². The van der Waals surface area contributed by atoms with Gasteiger partial charge < -0.3 is 4.74 Å². The third-order valence-electron chi connectivity index (χ3n) is 1.90. The van der Waals surface area contributed by atoms with E-state index in [0.29, 0.717) is 0 Å². The van der Waals surface area contributed by atoms with E-state index in [1.165, 1.54) is 0 Å². The van der Waals surface area contributed by atoms with Crippen LogP contribution in [-0.4, -0.2) is 0 Å². The highest BCUT2D eigenvalue weighted by molar-refractivity contribution is 9.10. The summed E-state index contributed by atoms with van der Waals surface area (Å²) < 4.78 is 6.76. The van der Waals surface area contributed by atoms with Crippen LogP contribution in [0.1, 0.15) is 25.8 Å². The maximum absolute atomic E-state index is 5.68. The molecule has 0 unspecified atom stereocenters. The van der Waals surface area contributed by atoms with Crippen LogP contribution >= 0.6 is 15.9 Å². The Morgan fingerprint density at radius 2 is 2.21 bits per heavy atom. The second kappa shape index (κ2) is 5.20. The number of hydrogen-bond acceptors (Lipinski definition) is 1. The predicted octanol–water partition coefficient (Wildman–Crippen LogP) is 4.45. The highest BCUT2D eigenvalue weighted by atomic mass is 79.9. The Hall–Kier alpha value is -0.760. The number of hydrogen-bond donors (Lipinski definition) is 0. The molecule has 0 spiro atoms. The van der Waals surface area contributed by atoms with Crippen LogP contribution < -0.4 is 4.74 Å². The Labute approximate surface area is 93.9 Å². The number of rotatable bonds is 3. The third kappa shape index (κ3) is 3.18. The molecule has 1 aromatic rings. The van der Waals surface area contributed by atoms with E-state index in [-0.39, 0.29) is 0 Å². The molecule has 0 bridgehead atoms. The summed E-state index contributed by atoms with van der Waals surface area (Å²) in [5.74, 6) is 1.88. The molecule has 0 amide bonds. The molecule has 0 aromatic heterocycles. The van der Waals surface area contributed by atoms with Gasteiger partial charge >= 0.3 is 0 Å². The third-order valence-corrected chi connectivity index (χ3v) is 2.39. The summed E-state index contributed by atoms with van der Waals surface area (Å²) in [4.78, 5) is 0. The summed E-state index contributed by atoms with van der Waals surface area (Å²) in [5, 5.41) is 0. The average Bonchev–Trinajstić information content (AvgIpc) is 2.10. The highest BCUT2D eigenvalue weighted by Crippen LogP contribution is 2.23. The normalized spacial score (nSPS) is 11.6. The maximum atomic E-state index is 5.68. The van der Waals surface area contributed by atoms with Crippen molar-refractivity contribution in [2.75, 3.05) is 0 Å². The van der Waals surface area contributed by atoms with Crippen molar-refractivity contribution in [1.82, 2.24) is 0 Å². The number of benzene rings is 1. The Morgan fingerprint density at radius 3 is 2.79 bits per heavy atom. The second-order valence-corrected chi connectivity index (χ2v) is 4.15. The first-order valence-electron chi connectivity index (χ1n) is 4.74. The van der Waals surface area contributed by atoms with Gasteiger partial charge in [-0.15, -0.1) is 0 Å². The molecule has 0 N–H and O–H groups in total. The lowest BCUT2D eigenvalue weighted by atomic mass is 10.2. The molecular weight excluding hydrogens is 240 g/mol. The number of halogens is 1. The van der Waals surface area contributed by atoms with Gasteiger partial charge in [-0.25, -0.2) is 0 Å². The summed E-state index contributed by atoms with van der Waals surface area (Å²) in [6.07, 6.45) is 3.07. The van der Waals surface area contributed by atoms with E-state index in [9.17, 15) is 0 Å². The summed E-state index contributed by atoms with van der Waals surface area (Å²) in [5.41, 5.74) is 1.14. The van der Waals surface area contributed by atoms with E-state index in [4.69, 9.17) is 4.74 Å². The van der Waals surface area contributed by atoms with Crippen molar-refractivity contribution < 1.29 is 4.74 Å². The standard InChI is InChI=1S/C12H15BrO/c1-4-5-10(3)14-12-7-6-11(13)8-9(12)2/h5-8H,4H2,1-3H3/b10-5+. The van der Waals surface area contributed by atoms with Crippen molar-refractivity contribution in [2.45, 2.75) is 27.2 Å². The first-order valence-corrected chi connectivity index (χ1v) is 5.53. The highest BCUT2D eigenvalue weighted by Gasteiger charge is 2.00. The van der Waals surface area contributed by atoms with Crippen LogP contribution in [0, 0.1) is 6.92 Å². The molecule has 1 rings (SSSR count). The molecule has 0 aliphatic rings. The van der Waals surface area contributed by atoms with Gasteiger partial charge in [0.1, 0.15) is 5.75 Å². The molecule has 2 heteroatoms. The minimum Gasteiger partial charge on any atom is -0.462 e. The largest absolute Gasteiger partial charge is 0.462 e. The lowest BCUT2D eigenvalue weighted by molar-refractivity contribution is 0.422. The van der Waals surface area contributed by atoms with Crippen molar-refractivity contribution in [3.05, 3.63) is 40.1 Å². The van der Waals surface area contributed by atoms with E-state index in [0.717, 1.165) is 28.0 Å². The fraction of sp³-hybridized carbons (Fsp3) is 0.333. The van der Waals surface area contributed by atoms with Gasteiger partial charge in [-0.3, -0.25) is 0 Å². The molecular formula is C12H15BrO. The summed E-state index contributed by atoms with van der Waals surface area (Å²) in [6.45, 7) is 6.12. The Kier molecular flexibility index (Phi) is 4.21. The van der Waals surface area contributed by atoms with Gasteiger partial charge in [-0.05, 0) is 50.1 Å². The topological polar surface area (TPSA) is 9.23 Å². The fourth-order valence-electron chi connectivity index (χ4n) is 1.23. The fourth-order valence-corrected chi connectivity index (χ4v) is 1.71. The molecule has 0 saturated heterocycles. The van der Waals surface area contributed by atoms with Crippen LogP contribution in [0.5, 0.6) is 5.75 Å². The Bertz CT molecular complexity index is 342. The van der Waals surface area contributed by atoms with Crippen LogP contribution in [0.4, 0.5) is 0 Å². The van der Waals surface area contributed by atoms with Crippen LogP contribution in [0.2, 0.25) is 0 Å². The van der Waals surface area contributed by atoms with Crippen molar-refractivity contribution >= 4 is 15.9 Å². The van der Waals surface area contributed by atoms with E-state index in [1.807, 2.05) is 26.0 Å². The van der Waals surface area contributed by atoms with Crippen molar-refractivity contribution in [3.8, 4) is 5.75 Å². The van der Waals surface area contributed by atoms with Crippen LogP contribution in [-0.2, 0) is 0 Å². The van der Waals surface area contributed by atoms with Gasteiger partial charge in [0.05, 0.1) is 5.76 Å². The Balaban J connectivity index is 2.82. The zero-order chi connectivity index (χ0) is 10.6. The first-order chi connectivity index (χ1) is 6.63. The molecule has 0 fully saturated rings. The van der Waals surface area contributed by atoms with Gasteiger partial charge in [0.15, 0.2) is 0 Å². The molecule has 0 aliphatic heterocycles. The molecule has 14 heavy (non-hydrogen) atoms. The van der Waals surface area contributed by atoms with E-state index < -0.39 is 0 Å². The molecule has 0 aliphatic carbocycles. The second-order valence-electron chi connectivity index (χ2n) is 3.23. The molecule has 1 aromatic carbocycles. The quantitative estimate of drug-likeness (QED) is 0.725. The van der Waals surface area contributed by atoms with Crippen molar-refractivity contribution in [1.29, 1.82) is 0 Å². The van der Waals surface area contributed by atoms with Gasteiger partial charge in [0, 0.05) is 4.47 Å². The first kappa shape index (κ1) is 11.3. The minimum absolute atomic E-state index is 0.926. The van der Waals surface area contributed by atoms with Crippen molar-refractivity contribution in [2.24, 2.45) is 0 Å². The van der Waals surface area contributed by atoms with E-state index in [1.54, 1.807) is 0 Å². The summed E-state index contributed by atoms with van der Waals surface area (Å²) in [6, 6.07) is 6.02. The predicted molar refractivity (Wildman–Crippen MR) is 63.6 cm³/mol. The summed E-state index contributed by atoms with van der Waals surface area (Å²) >= 11 is 3.42. The number of ether oxygens (including phenoxy) is 1. The molecule has 1 nitrogen and oxygen atoms in total. The molecule has 76 valence electrons. The van der Waals surface area contributed by atoms with Gasteiger partial charge in [0.25, 0.3) is 0 Å². The molecule has 0 radical (unpaired) electrons. The van der Waals surface area contributed by atoms with E-state index >= 15 is 0 Å². The number of allylic oxidation sites excluding steroid dienone is 2. The lowest BCUT2D eigenvalue weighted by Gasteiger charge is -2.08. The zero-order valence-corrected chi connectivity index (χ0v) is 10.4. The molecule has 0 saturated carbocycles. The monoisotopic (exact) mass is 254 g/mol. The Morgan fingerprint density at radius 1 is 1.50 bits per heavy atom. The van der Waals surface area contributed by atoms with Gasteiger partial charge in [-0.1, -0.05) is 22.9 Å². The molecule has 0 heterocycles. The maximum Gasteiger partial charge on any atom is 0.129 e. The zero-order valence-electron chi connectivity index (χ0n) is 8.80. The number of aryl methyl sites for hydroxylation is 1. The lowest BCUT2D eigenvalue weighted by Crippen LogP contribution is -1.92. The van der Waals surface area contributed by atoms with Crippen molar-refractivity contribution in [3.63, 3.8) is 0 Å². The van der Waals surface area contributed by atoms with Gasteiger partial charge in [-0.2, -0.15) is 0 Å². The molecule has 0 atom stereocenters. The SMILES string of the molecule is CC/C=C(\C)Oc1ccc(Br)cc1C. The summed E-state index contributed by atoms with van der Waals surface area (Å²) in [7, 11) is 0. The van der Waals surface area contributed by atoms with Gasteiger partial charge in [0.2, 0.25) is 0 Å². The van der Waals surface area contributed by atoms with Crippen LogP contribution in [0.15, 0.2) is 34.5 Å². The average molecular weight is 255 g/mol.